The highest BCUT2D eigenvalue weighted by molar-refractivity contribution is 7.14. The summed E-state index contributed by atoms with van der Waals surface area (Å²) in [6.07, 6.45) is -2.69. The molecule has 0 saturated heterocycles. The molecule has 0 aliphatic carbocycles. The number of primary amides is 1. The molecule has 0 radical (unpaired) electrons. The predicted molar refractivity (Wildman–Crippen MR) is 98.0 cm³/mol. The van der Waals surface area contributed by atoms with E-state index in [2.05, 4.69) is 5.32 Å². The first-order valence-corrected chi connectivity index (χ1v) is 9.05. The van der Waals surface area contributed by atoms with Gasteiger partial charge in [0.05, 0.1) is 5.56 Å². The Balaban J connectivity index is 1.62. The number of amides is 2. The molecule has 0 spiro atoms. The number of ether oxygens (including phenoxy) is 3. The molecule has 0 fully saturated rings. The molecule has 1 aromatic carbocycles. The van der Waals surface area contributed by atoms with Crippen LogP contribution in [0.5, 0.6) is 11.5 Å². The number of carbonyl (C=O) groups is 3. The van der Waals surface area contributed by atoms with Crippen molar-refractivity contribution in [2.45, 2.75) is 32.2 Å². The van der Waals surface area contributed by atoms with Crippen molar-refractivity contribution in [2.75, 3.05) is 5.32 Å². The van der Waals surface area contributed by atoms with Crippen LogP contribution < -0.4 is 20.5 Å². The third-order valence-electron chi connectivity index (χ3n) is 3.90. The molecule has 27 heavy (non-hydrogen) atoms. The van der Waals surface area contributed by atoms with Crippen LogP contribution in [-0.4, -0.2) is 36.1 Å². The van der Waals surface area contributed by atoms with Gasteiger partial charge in [-0.25, -0.2) is 4.79 Å². The highest BCUT2D eigenvalue weighted by Gasteiger charge is 2.37. The van der Waals surface area contributed by atoms with Gasteiger partial charge in [0.25, 0.3) is 11.8 Å². The molecular weight excluding hydrogens is 372 g/mol. The van der Waals surface area contributed by atoms with Crippen molar-refractivity contribution in [2.24, 2.45) is 5.73 Å². The molecule has 3 atom stereocenters. The third-order valence-corrected chi connectivity index (χ3v) is 4.73. The van der Waals surface area contributed by atoms with E-state index in [0.29, 0.717) is 16.5 Å². The summed E-state index contributed by atoms with van der Waals surface area (Å²) in [7, 11) is 0. The minimum Gasteiger partial charge on any atom is -0.482 e. The largest absolute Gasteiger partial charge is 0.482 e. The first-order valence-electron chi connectivity index (χ1n) is 8.18. The lowest BCUT2D eigenvalue weighted by molar-refractivity contribution is -0.165. The predicted octanol–water partition coefficient (Wildman–Crippen LogP) is 1.95. The number of nitrogens with one attached hydrogen (secondary N) is 1. The van der Waals surface area contributed by atoms with Crippen LogP contribution >= 0.6 is 11.3 Å². The molecule has 3 N–H and O–H groups in total. The Morgan fingerprint density at radius 1 is 1.19 bits per heavy atom. The van der Waals surface area contributed by atoms with Gasteiger partial charge in [0.15, 0.2) is 17.6 Å². The summed E-state index contributed by atoms with van der Waals surface area (Å²) < 4.78 is 16.5. The van der Waals surface area contributed by atoms with E-state index >= 15 is 0 Å². The van der Waals surface area contributed by atoms with Crippen LogP contribution in [0.2, 0.25) is 0 Å². The number of anilines is 1. The molecule has 2 heterocycles. The van der Waals surface area contributed by atoms with E-state index in [1.165, 1.54) is 13.0 Å². The van der Waals surface area contributed by atoms with Gasteiger partial charge < -0.3 is 25.3 Å². The molecule has 1 aliphatic rings. The Labute approximate surface area is 159 Å². The number of hydrogen-bond acceptors (Lipinski definition) is 7. The first kappa shape index (κ1) is 18.7. The van der Waals surface area contributed by atoms with E-state index in [1.54, 1.807) is 36.6 Å². The number of nitrogens with two attached hydrogens (primary N) is 1. The van der Waals surface area contributed by atoms with Crippen molar-refractivity contribution in [3.05, 3.63) is 41.3 Å². The van der Waals surface area contributed by atoms with Gasteiger partial charge in [0.2, 0.25) is 6.10 Å². The summed E-state index contributed by atoms with van der Waals surface area (Å²) in [6, 6.07) is 8.48. The Morgan fingerprint density at radius 3 is 2.52 bits per heavy atom. The fourth-order valence-corrected chi connectivity index (χ4v) is 3.28. The molecule has 0 bridgehead atoms. The summed E-state index contributed by atoms with van der Waals surface area (Å²) in [4.78, 5) is 36.0. The number of para-hydroxylation sites is 2. The molecular formula is C18H18N2O6S. The summed E-state index contributed by atoms with van der Waals surface area (Å²) >= 11 is 1.15. The molecule has 2 aromatic rings. The Hall–Kier alpha value is -3.07. The van der Waals surface area contributed by atoms with Gasteiger partial charge >= 0.3 is 5.97 Å². The van der Waals surface area contributed by atoms with Crippen molar-refractivity contribution in [3.8, 4) is 11.5 Å². The third kappa shape index (κ3) is 4.03. The van der Waals surface area contributed by atoms with Crippen LogP contribution in [0.1, 0.15) is 24.2 Å². The van der Waals surface area contributed by atoms with Crippen molar-refractivity contribution in [3.63, 3.8) is 0 Å². The molecule has 8 nitrogen and oxygen atoms in total. The van der Waals surface area contributed by atoms with Crippen LogP contribution in [0.3, 0.4) is 0 Å². The maximum Gasteiger partial charge on any atom is 0.352 e. The van der Waals surface area contributed by atoms with E-state index < -0.39 is 36.1 Å². The zero-order valence-corrected chi connectivity index (χ0v) is 15.4. The van der Waals surface area contributed by atoms with Gasteiger partial charge in [0.1, 0.15) is 11.1 Å². The van der Waals surface area contributed by atoms with Gasteiger partial charge in [-0.2, -0.15) is 0 Å². The lowest BCUT2D eigenvalue weighted by Gasteiger charge is -2.30. The summed E-state index contributed by atoms with van der Waals surface area (Å²) in [5.74, 6) is -0.994. The molecule has 0 saturated carbocycles. The zero-order chi connectivity index (χ0) is 19.6. The Kier molecular flexibility index (Phi) is 5.31. The lowest BCUT2D eigenvalue weighted by Crippen LogP contribution is -2.46. The summed E-state index contributed by atoms with van der Waals surface area (Å²) in [5.41, 5.74) is 5.44. The average molecular weight is 390 g/mol. The van der Waals surface area contributed by atoms with E-state index in [-0.39, 0.29) is 5.56 Å². The second-order valence-corrected chi connectivity index (χ2v) is 6.82. The first-order chi connectivity index (χ1) is 12.9. The number of fused-ring (bicyclic) bond motifs is 1. The van der Waals surface area contributed by atoms with Crippen molar-refractivity contribution in [1.29, 1.82) is 0 Å². The standard InChI is InChI=1S/C18H18N2O6S/c1-9-14(26-13-6-4-3-5-12(13)24-9)18(23)25-10(2)16(22)20-17-11(15(19)21)7-8-27-17/h3-10,14H,1-2H3,(H2,19,21)(H,20,22). The minimum atomic E-state index is -1.10. The Bertz CT molecular complexity index is 880. The lowest BCUT2D eigenvalue weighted by atomic mass is 10.2. The molecule has 1 aliphatic heterocycles. The maximum absolute atomic E-state index is 12.4. The van der Waals surface area contributed by atoms with Crippen molar-refractivity contribution in [1.82, 2.24) is 0 Å². The fraction of sp³-hybridized carbons (Fsp3) is 0.278. The minimum absolute atomic E-state index is 0.195. The highest BCUT2D eigenvalue weighted by atomic mass is 32.1. The highest BCUT2D eigenvalue weighted by Crippen LogP contribution is 2.33. The maximum atomic E-state index is 12.4. The summed E-state index contributed by atoms with van der Waals surface area (Å²) in [5, 5.41) is 4.46. The number of rotatable bonds is 5. The number of thiophene rings is 1. The van der Waals surface area contributed by atoms with Gasteiger partial charge in [-0.1, -0.05) is 12.1 Å². The SMILES string of the molecule is CC(OC(=O)C1Oc2ccccc2OC1C)C(=O)Nc1sccc1C(N)=O. The van der Waals surface area contributed by atoms with Crippen LogP contribution in [-0.2, 0) is 14.3 Å². The zero-order valence-electron chi connectivity index (χ0n) is 14.6. The van der Waals surface area contributed by atoms with E-state index in [0.717, 1.165) is 11.3 Å². The number of hydrogen-bond donors (Lipinski definition) is 2. The van der Waals surface area contributed by atoms with E-state index in [1.807, 2.05) is 0 Å². The molecule has 3 unspecified atom stereocenters. The fourth-order valence-electron chi connectivity index (χ4n) is 2.49. The Morgan fingerprint density at radius 2 is 1.85 bits per heavy atom. The summed E-state index contributed by atoms with van der Waals surface area (Å²) in [6.45, 7) is 3.10. The van der Waals surface area contributed by atoms with Crippen LogP contribution in [0.15, 0.2) is 35.7 Å². The van der Waals surface area contributed by atoms with Gasteiger partial charge in [0, 0.05) is 0 Å². The van der Waals surface area contributed by atoms with Crippen molar-refractivity contribution < 1.29 is 28.6 Å². The van der Waals surface area contributed by atoms with E-state index in [4.69, 9.17) is 19.9 Å². The molecule has 3 rings (SSSR count). The molecule has 142 valence electrons. The van der Waals surface area contributed by atoms with Crippen molar-refractivity contribution >= 4 is 34.1 Å². The quantitative estimate of drug-likeness (QED) is 0.754. The van der Waals surface area contributed by atoms with Crippen LogP contribution in [0.4, 0.5) is 5.00 Å². The van der Waals surface area contributed by atoms with Gasteiger partial charge in [-0.3, -0.25) is 9.59 Å². The normalized spacial score (nSPS) is 19.0. The number of carbonyl (C=O) groups excluding carboxylic acids is 3. The monoisotopic (exact) mass is 390 g/mol. The second-order valence-electron chi connectivity index (χ2n) is 5.90. The van der Waals surface area contributed by atoms with Crippen LogP contribution in [0.25, 0.3) is 0 Å². The van der Waals surface area contributed by atoms with Gasteiger partial charge in [-0.15, -0.1) is 11.3 Å². The van der Waals surface area contributed by atoms with Gasteiger partial charge in [-0.05, 0) is 37.4 Å². The van der Waals surface area contributed by atoms with E-state index in [9.17, 15) is 14.4 Å². The topological polar surface area (TPSA) is 117 Å². The molecule has 9 heteroatoms. The second kappa shape index (κ2) is 7.67. The van der Waals surface area contributed by atoms with Crippen LogP contribution in [0, 0.1) is 0 Å². The average Bonchev–Trinajstić information content (AvgIpc) is 3.09. The number of benzene rings is 1. The smallest absolute Gasteiger partial charge is 0.352 e. The molecule has 1 aromatic heterocycles. The number of esters is 1. The molecule has 2 amide bonds.